The zero-order valence-corrected chi connectivity index (χ0v) is 32.0. The Morgan fingerprint density at radius 2 is 0.925 bits per heavy atom. The van der Waals surface area contributed by atoms with E-state index in [2.05, 4.69) is 211 Å². The molecule has 1 heteroatoms. The number of hydrogen-bond donors (Lipinski definition) is 0. The molecular formula is C52H47N. The largest absolute Gasteiger partial charge is 0.310 e. The summed E-state index contributed by atoms with van der Waals surface area (Å²) < 4.78 is 0. The van der Waals surface area contributed by atoms with Crippen LogP contribution in [0.25, 0.3) is 44.5 Å². The van der Waals surface area contributed by atoms with Crippen LogP contribution in [0.3, 0.4) is 0 Å². The van der Waals surface area contributed by atoms with Crippen molar-refractivity contribution < 1.29 is 0 Å². The summed E-state index contributed by atoms with van der Waals surface area (Å²) in [6.45, 7) is 16.6. The molecule has 2 aliphatic carbocycles. The van der Waals surface area contributed by atoms with Crippen LogP contribution in [0.15, 0.2) is 158 Å². The number of rotatable bonds is 5. The highest BCUT2D eigenvalue weighted by molar-refractivity contribution is 5.91. The summed E-state index contributed by atoms with van der Waals surface area (Å²) in [6.07, 6.45) is 0. The topological polar surface area (TPSA) is 3.24 Å². The monoisotopic (exact) mass is 685 g/mol. The third kappa shape index (κ3) is 5.20. The molecule has 9 rings (SSSR count). The van der Waals surface area contributed by atoms with Crippen LogP contribution in [-0.4, -0.2) is 0 Å². The van der Waals surface area contributed by atoms with Gasteiger partial charge < -0.3 is 4.90 Å². The standard InChI is InChI=1S/C52H47N/c1-50(2,3)47-32-36(39-20-15-21-43-41-19-12-14-23-45(41)52(6,7)49(39)43)26-31-48(47)53(37-27-24-35(25-28-37)34-16-9-8-10-17-34)38-29-30-42-40-18-11-13-22-44(40)51(4,5)46(42)33-38/h8-33H,1-7H3. The minimum atomic E-state index is -0.129. The van der Waals surface area contributed by atoms with Crippen LogP contribution in [0, 0.1) is 0 Å². The van der Waals surface area contributed by atoms with E-state index in [0.717, 1.165) is 5.69 Å². The molecule has 260 valence electrons. The number of benzene rings is 7. The van der Waals surface area contributed by atoms with Crippen LogP contribution in [-0.2, 0) is 16.2 Å². The van der Waals surface area contributed by atoms with Crippen LogP contribution in [0.1, 0.15) is 76.3 Å². The molecule has 0 N–H and O–H groups in total. The predicted molar refractivity (Wildman–Crippen MR) is 226 cm³/mol. The highest BCUT2D eigenvalue weighted by Gasteiger charge is 2.38. The molecule has 0 aliphatic heterocycles. The van der Waals surface area contributed by atoms with Gasteiger partial charge in [0, 0.05) is 27.9 Å². The first-order chi connectivity index (χ1) is 25.4. The van der Waals surface area contributed by atoms with Gasteiger partial charge in [0.15, 0.2) is 0 Å². The van der Waals surface area contributed by atoms with Crippen molar-refractivity contribution >= 4 is 17.1 Å². The van der Waals surface area contributed by atoms with E-state index in [9.17, 15) is 0 Å². The Morgan fingerprint density at radius 3 is 1.62 bits per heavy atom. The second-order valence-electron chi connectivity index (χ2n) is 17.0. The summed E-state index contributed by atoms with van der Waals surface area (Å²) >= 11 is 0. The summed E-state index contributed by atoms with van der Waals surface area (Å²) in [6, 6.07) is 58.8. The van der Waals surface area contributed by atoms with E-state index in [0.29, 0.717) is 0 Å². The highest BCUT2D eigenvalue weighted by atomic mass is 15.1. The minimum Gasteiger partial charge on any atom is -0.310 e. The maximum Gasteiger partial charge on any atom is 0.0499 e. The van der Waals surface area contributed by atoms with Gasteiger partial charge in [-0.05, 0) is 114 Å². The molecule has 0 spiro atoms. The molecule has 0 radical (unpaired) electrons. The molecule has 0 atom stereocenters. The van der Waals surface area contributed by atoms with Gasteiger partial charge in [-0.15, -0.1) is 0 Å². The van der Waals surface area contributed by atoms with Crippen molar-refractivity contribution in [3.8, 4) is 44.5 Å². The Hall–Kier alpha value is -5.66. The van der Waals surface area contributed by atoms with Gasteiger partial charge in [-0.2, -0.15) is 0 Å². The summed E-state index contributed by atoms with van der Waals surface area (Å²) in [7, 11) is 0. The van der Waals surface area contributed by atoms with Crippen molar-refractivity contribution in [1.82, 2.24) is 0 Å². The molecule has 0 unspecified atom stereocenters. The first-order valence-corrected chi connectivity index (χ1v) is 19.0. The first-order valence-electron chi connectivity index (χ1n) is 19.0. The maximum atomic E-state index is 2.49. The first kappa shape index (κ1) is 33.2. The molecule has 2 aliphatic rings. The zero-order chi connectivity index (χ0) is 36.7. The van der Waals surface area contributed by atoms with Crippen molar-refractivity contribution in [3.63, 3.8) is 0 Å². The van der Waals surface area contributed by atoms with Gasteiger partial charge in [0.2, 0.25) is 0 Å². The third-order valence-electron chi connectivity index (χ3n) is 12.0. The second-order valence-corrected chi connectivity index (χ2v) is 17.0. The zero-order valence-electron chi connectivity index (χ0n) is 32.0. The lowest BCUT2D eigenvalue weighted by Gasteiger charge is -2.34. The Kier molecular flexibility index (Phi) is 7.48. The molecule has 0 bridgehead atoms. The van der Waals surface area contributed by atoms with Crippen LogP contribution in [0.2, 0.25) is 0 Å². The van der Waals surface area contributed by atoms with E-state index in [-0.39, 0.29) is 16.2 Å². The van der Waals surface area contributed by atoms with Gasteiger partial charge in [0.05, 0.1) is 0 Å². The molecular weight excluding hydrogens is 639 g/mol. The fourth-order valence-corrected chi connectivity index (χ4v) is 9.28. The van der Waals surface area contributed by atoms with E-state index < -0.39 is 0 Å². The number of fused-ring (bicyclic) bond motifs is 6. The maximum absolute atomic E-state index is 2.49. The van der Waals surface area contributed by atoms with Crippen LogP contribution < -0.4 is 4.90 Å². The summed E-state index contributed by atoms with van der Waals surface area (Å²) in [4.78, 5) is 2.49. The van der Waals surface area contributed by atoms with E-state index in [1.165, 1.54) is 83.7 Å². The molecule has 0 saturated carbocycles. The number of hydrogen-bond acceptors (Lipinski definition) is 1. The minimum absolute atomic E-state index is 0.0928. The third-order valence-corrected chi connectivity index (χ3v) is 12.0. The molecule has 7 aromatic rings. The van der Waals surface area contributed by atoms with E-state index in [1.807, 2.05) is 0 Å². The molecule has 7 aromatic carbocycles. The molecule has 53 heavy (non-hydrogen) atoms. The van der Waals surface area contributed by atoms with Crippen molar-refractivity contribution in [3.05, 3.63) is 186 Å². The predicted octanol–water partition coefficient (Wildman–Crippen LogP) is 14.4. The van der Waals surface area contributed by atoms with E-state index >= 15 is 0 Å². The van der Waals surface area contributed by atoms with Gasteiger partial charge in [-0.25, -0.2) is 0 Å². The average Bonchev–Trinajstić information content (AvgIpc) is 3.55. The molecule has 0 heterocycles. The summed E-state index contributed by atoms with van der Waals surface area (Å²) in [5.74, 6) is 0. The normalized spacial score (nSPS) is 14.6. The SMILES string of the molecule is CC(C)(C)c1cc(-c2cccc3c2C(C)(C)c2ccccc2-3)ccc1N(c1ccc(-c2ccccc2)cc1)c1ccc2c(c1)C(C)(C)c1ccccc1-2. The van der Waals surface area contributed by atoms with Crippen molar-refractivity contribution in [2.24, 2.45) is 0 Å². The Labute approximate surface area is 315 Å². The molecule has 0 aromatic heterocycles. The molecule has 0 amide bonds. The van der Waals surface area contributed by atoms with E-state index in [1.54, 1.807) is 0 Å². The lowest BCUT2D eigenvalue weighted by molar-refractivity contribution is 0.591. The highest BCUT2D eigenvalue weighted by Crippen LogP contribution is 2.54. The van der Waals surface area contributed by atoms with Gasteiger partial charge in [-0.1, -0.05) is 170 Å². The molecule has 1 nitrogen and oxygen atoms in total. The van der Waals surface area contributed by atoms with Gasteiger partial charge in [-0.3, -0.25) is 0 Å². The van der Waals surface area contributed by atoms with Crippen molar-refractivity contribution in [2.45, 2.75) is 64.7 Å². The van der Waals surface area contributed by atoms with Crippen LogP contribution in [0.4, 0.5) is 17.1 Å². The number of nitrogens with zero attached hydrogens (tertiary/aromatic N) is 1. The van der Waals surface area contributed by atoms with Crippen molar-refractivity contribution in [2.75, 3.05) is 4.90 Å². The quantitative estimate of drug-likeness (QED) is 0.174. The van der Waals surface area contributed by atoms with E-state index in [4.69, 9.17) is 0 Å². The van der Waals surface area contributed by atoms with Gasteiger partial charge in [0.25, 0.3) is 0 Å². The van der Waals surface area contributed by atoms with Gasteiger partial charge >= 0.3 is 0 Å². The van der Waals surface area contributed by atoms with Crippen LogP contribution >= 0.6 is 0 Å². The second kappa shape index (κ2) is 11.9. The molecule has 0 fully saturated rings. The summed E-state index contributed by atoms with van der Waals surface area (Å²) in [5, 5.41) is 0. The van der Waals surface area contributed by atoms with Crippen molar-refractivity contribution in [1.29, 1.82) is 0 Å². The Bertz CT molecular complexity index is 2530. The fourth-order valence-electron chi connectivity index (χ4n) is 9.28. The smallest absolute Gasteiger partial charge is 0.0499 e. The van der Waals surface area contributed by atoms with Gasteiger partial charge in [0.1, 0.15) is 0 Å². The Morgan fingerprint density at radius 1 is 0.396 bits per heavy atom. The summed E-state index contributed by atoms with van der Waals surface area (Å²) in [5.41, 5.74) is 20.5. The lowest BCUT2D eigenvalue weighted by atomic mass is 9.77. The fraction of sp³-hybridized carbons (Fsp3) is 0.192. The molecule has 0 saturated heterocycles. The lowest BCUT2D eigenvalue weighted by Crippen LogP contribution is -2.20. The van der Waals surface area contributed by atoms with Crippen LogP contribution in [0.5, 0.6) is 0 Å². The Balaban J connectivity index is 1.23. The number of anilines is 3. The average molecular weight is 686 g/mol.